The van der Waals surface area contributed by atoms with Crippen molar-refractivity contribution in [1.82, 2.24) is 4.98 Å². The number of esters is 1. The Morgan fingerprint density at radius 2 is 2.03 bits per heavy atom. The van der Waals surface area contributed by atoms with Crippen LogP contribution < -0.4 is 9.47 Å². The van der Waals surface area contributed by atoms with Gasteiger partial charge in [0.05, 0.1) is 20.3 Å². The van der Waals surface area contributed by atoms with Gasteiger partial charge in [-0.1, -0.05) is 6.07 Å². The number of carbonyl (C=O) groups is 1. The molecule has 0 fully saturated rings. The highest BCUT2D eigenvalue weighted by atomic mass is 19.1. The van der Waals surface area contributed by atoms with Crippen LogP contribution in [-0.2, 0) is 16.0 Å². The lowest BCUT2D eigenvalue weighted by atomic mass is 10.1. The van der Waals surface area contributed by atoms with E-state index in [4.69, 9.17) is 14.2 Å². The number of H-pyrrole nitrogens is 1. The minimum atomic E-state index is -0.414. The van der Waals surface area contributed by atoms with Crippen molar-refractivity contribution in [2.75, 3.05) is 20.3 Å². The molecule has 2 aromatic carbocycles. The third kappa shape index (κ3) is 5.38. The summed E-state index contributed by atoms with van der Waals surface area (Å²) in [6.07, 6.45) is 6.26. The molecule has 0 spiro atoms. The third-order valence-electron chi connectivity index (χ3n) is 4.46. The Morgan fingerprint density at radius 3 is 2.83 bits per heavy atom. The first-order chi connectivity index (χ1) is 14.1. The Labute approximate surface area is 169 Å². The Kier molecular flexibility index (Phi) is 6.89. The molecule has 0 saturated carbocycles. The van der Waals surface area contributed by atoms with E-state index < -0.39 is 5.97 Å². The second-order valence-electron chi connectivity index (χ2n) is 6.45. The molecule has 0 amide bonds. The van der Waals surface area contributed by atoms with Crippen molar-refractivity contribution >= 4 is 22.9 Å². The minimum absolute atomic E-state index is 0.263. The number of nitrogens with one attached hydrogen (secondary N) is 1. The van der Waals surface area contributed by atoms with E-state index in [1.54, 1.807) is 31.4 Å². The number of aryl methyl sites for hydroxylation is 1. The highest BCUT2D eigenvalue weighted by Gasteiger charge is 2.06. The Hall–Kier alpha value is -3.28. The number of aromatic amines is 1. The summed E-state index contributed by atoms with van der Waals surface area (Å²) in [4.78, 5) is 15.1. The average Bonchev–Trinajstić information content (AvgIpc) is 3.12. The fourth-order valence-electron chi connectivity index (χ4n) is 3.07. The van der Waals surface area contributed by atoms with E-state index in [0.717, 1.165) is 22.0 Å². The van der Waals surface area contributed by atoms with Gasteiger partial charge in [-0.05, 0) is 67.3 Å². The molecule has 0 saturated heterocycles. The predicted molar refractivity (Wildman–Crippen MR) is 111 cm³/mol. The van der Waals surface area contributed by atoms with Gasteiger partial charge < -0.3 is 19.2 Å². The zero-order valence-electron chi connectivity index (χ0n) is 16.5. The molecule has 0 aliphatic rings. The molecule has 3 aromatic rings. The molecule has 0 aliphatic heterocycles. The molecule has 0 aliphatic carbocycles. The molecular formula is C23H24FNO4. The monoisotopic (exact) mass is 397 g/mol. The lowest BCUT2D eigenvalue weighted by Crippen LogP contribution is -2.03. The fraction of sp³-hybridized carbons (Fsp3) is 0.261. The number of carbonyl (C=O) groups excluding carboxylic acids is 1. The SMILES string of the molecule is CCOc1ccc(/C=C/C(=O)OCCCc2c[nH]c3ccc(F)cc23)cc1OC. The molecular weight excluding hydrogens is 373 g/mol. The van der Waals surface area contributed by atoms with E-state index >= 15 is 0 Å². The molecule has 0 atom stereocenters. The van der Waals surface area contributed by atoms with Gasteiger partial charge in [-0.15, -0.1) is 0 Å². The van der Waals surface area contributed by atoms with Gasteiger partial charge >= 0.3 is 5.97 Å². The Bertz CT molecular complexity index is 1010. The second-order valence-corrected chi connectivity index (χ2v) is 6.45. The molecule has 6 heteroatoms. The summed E-state index contributed by atoms with van der Waals surface area (Å²) in [6.45, 7) is 2.74. The van der Waals surface area contributed by atoms with Crippen molar-refractivity contribution in [3.63, 3.8) is 0 Å². The molecule has 3 rings (SSSR count). The maximum Gasteiger partial charge on any atom is 0.330 e. The fourth-order valence-corrected chi connectivity index (χ4v) is 3.07. The maximum absolute atomic E-state index is 13.4. The van der Waals surface area contributed by atoms with Crippen molar-refractivity contribution in [2.24, 2.45) is 0 Å². The molecule has 152 valence electrons. The van der Waals surface area contributed by atoms with Gasteiger partial charge in [-0.25, -0.2) is 9.18 Å². The van der Waals surface area contributed by atoms with Crippen LogP contribution in [0, 0.1) is 5.82 Å². The Balaban J connectivity index is 1.49. The molecule has 1 heterocycles. The summed E-state index contributed by atoms with van der Waals surface area (Å²) >= 11 is 0. The summed E-state index contributed by atoms with van der Waals surface area (Å²) in [7, 11) is 1.57. The highest BCUT2D eigenvalue weighted by molar-refractivity contribution is 5.87. The quantitative estimate of drug-likeness (QED) is 0.317. The number of halogens is 1. The van der Waals surface area contributed by atoms with Gasteiger partial charge in [0.15, 0.2) is 11.5 Å². The standard InChI is InChI=1S/C23H24FNO4/c1-3-28-21-10-6-16(13-22(21)27-2)7-11-23(26)29-12-4-5-17-15-25-20-9-8-18(24)14-19(17)20/h6-11,13-15,25H,3-5,12H2,1-2H3/b11-7+. The van der Waals surface area contributed by atoms with E-state index in [1.807, 2.05) is 19.2 Å². The van der Waals surface area contributed by atoms with E-state index in [9.17, 15) is 9.18 Å². The van der Waals surface area contributed by atoms with Crippen molar-refractivity contribution in [3.05, 3.63) is 65.6 Å². The molecule has 5 nitrogen and oxygen atoms in total. The molecule has 1 N–H and O–H groups in total. The molecule has 0 bridgehead atoms. The van der Waals surface area contributed by atoms with Gasteiger partial charge in [0.25, 0.3) is 0 Å². The van der Waals surface area contributed by atoms with E-state index in [1.165, 1.54) is 18.2 Å². The number of fused-ring (bicyclic) bond motifs is 1. The van der Waals surface area contributed by atoms with Crippen molar-refractivity contribution in [2.45, 2.75) is 19.8 Å². The number of hydrogen-bond acceptors (Lipinski definition) is 4. The lowest BCUT2D eigenvalue weighted by molar-refractivity contribution is -0.137. The van der Waals surface area contributed by atoms with Gasteiger partial charge in [0.1, 0.15) is 5.82 Å². The third-order valence-corrected chi connectivity index (χ3v) is 4.46. The second kappa shape index (κ2) is 9.78. The molecule has 0 radical (unpaired) electrons. The van der Waals surface area contributed by atoms with Gasteiger partial charge in [0.2, 0.25) is 0 Å². The van der Waals surface area contributed by atoms with Crippen LogP contribution in [0.15, 0.2) is 48.7 Å². The van der Waals surface area contributed by atoms with Crippen LogP contribution >= 0.6 is 0 Å². The molecule has 0 unspecified atom stereocenters. The summed E-state index contributed by atoms with van der Waals surface area (Å²) < 4.78 is 29.4. The van der Waals surface area contributed by atoms with Crippen molar-refractivity contribution in [1.29, 1.82) is 0 Å². The predicted octanol–water partition coefficient (Wildman–Crippen LogP) is 4.90. The first-order valence-corrected chi connectivity index (χ1v) is 9.52. The summed E-state index contributed by atoms with van der Waals surface area (Å²) in [5, 5.41) is 0.862. The Morgan fingerprint density at radius 1 is 1.17 bits per heavy atom. The van der Waals surface area contributed by atoms with Crippen LogP contribution in [0.2, 0.25) is 0 Å². The molecule has 1 aromatic heterocycles. The maximum atomic E-state index is 13.4. The summed E-state index contributed by atoms with van der Waals surface area (Å²) in [6, 6.07) is 10.1. The molecule has 29 heavy (non-hydrogen) atoms. The topological polar surface area (TPSA) is 60.5 Å². The van der Waals surface area contributed by atoms with Gasteiger partial charge in [-0.3, -0.25) is 0 Å². The van der Waals surface area contributed by atoms with Gasteiger partial charge in [0, 0.05) is 23.2 Å². The number of methoxy groups -OCH3 is 1. The van der Waals surface area contributed by atoms with E-state index in [-0.39, 0.29) is 12.4 Å². The van der Waals surface area contributed by atoms with Crippen molar-refractivity contribution in [3.8, 4) is 11.5 Å². The zero-order chi connectivity index (χ0) is 20.6. The lowest BCUT2D eigenvalue weighted by Gasteiger charge is -2.09. The zero-order valence-corrected chi connectivity index (χ0v) is 16.5. The van der Waals surface area contributed by atoms with E-state index in [0.29, 0.717) is 30.9 Å². The number of rotatable bonds is 9. The average molecular weight is 397 g/mol. The number of hydrogen-bond donors (Lipinski definition) is 1. The first-order valence-electron chi connectivity index (χ1n) is 9.52. The van der Waals surface area contributed by atoms with Crippen LogP contribution in [0.4, 0.5) is 4.39 Å². The minimum Gasteiger partial charge on any atom is -0.493 e. The van der Waals surface area contributed by atoms with Gasteiger partial charge in [-0.2, -0.15) is 0 Å². The van der Waals surface area contributed by atoms with Crippen LogP contribution in [0.25, 0.3) is 17.0 Å². The van der Waals surface area contributed by atoms with Crippen LogP contribution in [0.3, 0.4) is 0 Å². The largest absolute Gasteiger partial charge is 0.493 e. The smallest absolute Gasteiger partial charge is 0.330 e. The number of aromatic nitrogens is 1. The van der Waals surface area contributed by atoms with Crippen molar-refractivity contribution < 1.29 is 23.4 Å². The van der Waals surface area contributed by atoms with Crippen LogP contribution in [0.5, 0.6) is 11.5 Å². The summed E-state index contributed by atoms with van der Waals surface area (Å²) in [5.41, 5.74) is 2.71. The summed E-state index contributed by atoms with van der Waals surface area (Å²) in [5.74, 6) is 0.591. The number of ether oxygens (including phenoxy) is 3. The van der Waals surface area contributed by atoms with Crippen LogP contribution in [-0.4, -0.2) is 31.3 Å². The normalized spacial score (nSPS) is 11.1. The number of benzene rings is 2. The highest BCUT2D eigenvalue weighted by Crippen LogP contribution is 2.28. The first kappa shape index (κ1) is 20.5. The van der Waals surface area contributed by atoms with E-state index in [2.05, 4.69) is 4.98 Å². The van der Waals surface area contributed by atoms with Crippen LogP contribution in [0.1, 0.15) is 24.5 Å².